The first kappa shape index (κ1) is 17.2. The first-order valence-corrected chi connectivity index (χ1v) is 10.1. The molecule has 4 nitrogen and oxygen atoms in total. The van der Waals surface area contributed by atoms with E-state index in [1.165, 1.54) is 36.6 Å². The fourth-order valence-electron chi connectivity index (χ4n) is 3.57. The molecule has 1 fully saturated rings. The van der Waals surface area contributed by atoms with Gasteiger partial charge < -0.3 is 10.3 Å². The molecule has 0 atom stereocenters. The van der Waals surface area contributed by atoms with Crippen LogP contribution in [-0.4, -0.2) is 27.7 Å². The van der Waals surface area contributed by atoms with E-state index in [1.807, 2.05) is 30.5 Å². The van der Waals surface area contributed by atoms with Gasteiger partial charge in [0.05, 0.1) is 5.56 Å². The third-order valence-corrected chi connectivity index (χ3v) is 6.30. The van der Waals surface area contributed by atoms with Crippen LogP contribution in [-0.2, 0) is 6.42 Å². The highest BCUT2D eigenvalue weighted by molar-refractivity contribution is 7.99. The minimum absolute atomic E-state index is 0.0292. The maximum absolute atomic E-state index is 12.7. The predicted molar refractivity (Wildman–Crippen MR) is 107 cm³/mol. The Bertz CT molecular complexity index is 899. The summed E-state index contributed by atoms with van der Waals surface area (Å²) in [6.07, 6.45) is 9.64. The molecule has 5 heteroatoms. The number of aromatic nitrogens is 2. The fourth-order valence-corrected chi connectivity index (χ4v) is 4.86. The number of pyridine rings is 1. The number of carbonyl (C=O) groups is 1. The number of hydrogen-bond donors (Lipinski definition) is 2. The fraction of sp³-hybridized carbons (Fsp3) is 0.333. The predicted octanol–water partition coefficient (Wildman–Crippen LogP) is 4.57. The lowest BCUT2D eigenvalue weighted by Crippen LogP contribution is -2.26. The third-order valence-electron chi connectivity index (χ3n) is 4.95. The first-order chi connectivity index (χ1) is 12.8. The highest BCUT2D eigenvalue weighted by Crippen LogP contribution is 2.35. The lowest BCUT2D eigenvalue weighted by atomic mass is 10.1. The van der Waals surface area contributed by atoms with Crippen molar-refractivity contribution in [3.63, 3.8) is 0 Å². The van der Waals surface area contributed by atoms with E-state index in [-0.39, 0.29) is 5.91 Å². The highest BCUT2D eigenvalue weighted by atomic mass is 32.2. The van der Waals surface area contributed by atoms with Crippen molar-refractivity contribution in [2.24, 2.45) is 0 Å². The molecular formula is C21H23N3OS. The van der Waals surface area contributed by atoms with Crippen LogP contribution in [0.2, 0.25) is 0 Å². The number of rotatable bonds is 6. The van der Waals surface area contributed by atoms with Crippen LogP contribution in [0.3, 0.4) is 0 Å². The Morgan fingerprint density at radius 1 is 1.19 bits per heavy atom. The molecule has 134 valence electrons. The molecule has 26 heavy (non-hydrogen) atoms. The molecule has 0 radical (unpaired) electrons. The summed E-state index contributed by atoms with van der Waals surface area (Å²) < 4.78 is 0. The van der Waals surface area contributed by atoms with Gasteiger partial charge in [-0.15, -0.1) is 11.8 Å². The summed E-state index contributed by atoms with van der Waals surface area (Å²) in [5.41, 5.74) is 3.06. The van der Waals surface area contributed by atoms with Crippen LogP contribution in [0.15, 0.2) is 53.8 Å². The number of thioether (sulfide) groups is 1. The Morgan fingerprint density at radius 3 is 2.92 bits per heavy atom. The van der Waals surface area contributed by atoms with Gasteiger partial charge in [-0.3, -0.25) is 4.79 Å². The monoisotopic (exact) mass is 365 g/mol. The Balaban J connectivity index is 1.39. The van der Waals surface area contributed by atoms with Crippen LogP contribution in [0, 0.1) is 0 Å². The van der Waals surface area contributed by atoms with Crippen molar-refractivity contribution in [2.45, 2.75) is 42.4 Å². The molecule has 1 aliphatic carbocycles. The minimum atomic E-state index is -0.0292. The van der Waals surface area contributed by atoms with Crippen LogP contribution in [0.1, 0.15) is 41.6 Å². The molecule has 0 bridgehead atoms. The minimum Gasteiger partial charge on any atom is -0.361 e. The number of H-pyrrole nitrogens is 1. The number of aromatic amines is 1. The van der Waals surface area contributed by atoms with Crippen LogP contribution >= 0.6 is 11.8 Å². The molecule has 2 heterocycles. The van der Waals surface area contributed by atoms with Gasteiger partial charge in [0.15, 0.2) is 0 Å². The lowest BCUT2D eigenvalue weighted by Gasteiger charge is -2.12. The molecule has 0 saturated heterocycles. The average molecular weight is 366 g/mol. The second-order valence-electron chi connectivity index (χ2n) is 6.75. The van der Waals surface area contributed by atoms with E-state index in [9.17, 15) is 4.79 Å². The summed E-state index contributed by atoms with van der Waals surface area (Å²) in [4.78, 5) is 20.4. The van der Waals surface area contributed by atoms with Crippen molar-refractivity contribution in [1.29, 1.82) is 0 Å². The summed E-state index contributed by atoms with van der Waals surface area (Å²) in [6.45, 7) is 0.614. The van der Waals surface area contributed by atoms with Gasteiger partial charge >= 0.3 is 0 Å². The number of nitrogens with zero attached hydrogens (tertiary/aromatic N) is 1. The standard InChI is InChI=1S/C21H23N3OS/c25-20(18-9-5-12-23-21(18)26-16-6-1-2-7-16)22-13-11-15-14-24-19-10-4-3-8-17(15)19/h3-5,8-10,12,14,16,24H,1-2,6-7,11,13H2,(H,22,25). The molecule has 2 N–H and O–H groups in total. The van der Waals surface area contributed by atoms with Crippen LogP contribution in [0.5, 0.6) is 0 Å². The van der Waals surface area contributed by atoms with Crippen molar-refractivity contribution >= 4 is 28.6 Å². The molecule has 2 aromatic heterocycles. The third kappa shape index (κ3) is 3.78. The Labute approximate surface area is 157 Å². The normalized spacial score (nSPS) is 14.8. The number of carbonyl (C=O) groups excluding carboxylic acids is 1. The molecule has 0 unspecified atom stereocenters. The largest absolute Gasteiger partial charge is 0.361 e. The number of nitrogens with one attached hydrogen (secondary N) is 2. The maximum atomic E-state index is 12.7. The zero-order valence-corrected chi connectivity index (χ0v) is 15.5. The van der Waals surface area contributed by atoms with Gasteiger partial charge in [-0.2, -0.15) is 0 Å². The Kier molecular flexibility index (Phi) is 5.25. The summed E-state index contributed by atoms with van der Waals surface area (Å²) in [5, 5.41) is 5.75. The molecule has 1 aliphatic rings. The van der Waals surface area contributed by atoms with E-state index < -0.39 is 0 Å². The van der Waals surface area contributed by atoms with E-state index >= 15 is 0 Å². The molecule has 4 rings (SSSR count). The van der Waals surface area contributed by atoms with E-state index in [4.69, 9.17) is 0 Å². The SMILES string of the molecule is O=C(NCCc1c[nH]c2ccccc12)c1cccnc1SC1CCCC1. The van der Waals surface area contributed by atoms with Gasteiger partial charge in [0.2, 0.25) is 0 Å². The average Bonchev–Trinajstić information content (AvgIpc) is 3.32. The quantitative estimate of drug-likeness (QED) is 0.673. The van der Waals surface area contributed by atoms with Crippen molar-refractivity contribution < 1.29 is 4.79 Å². The van der Waals surface area contributed by atoms with Crippen molar-refractivity contribution in [3.05, 3.63) is 59.9 Å². The van der Waals surface area contributed by atoms with Gasteiger partial charge in [-0.25, -0.2) is 4.98 Å². The molecule has 3 aromatic rings. The van der Waals surface area contributed by atoms with Crippen molar-refractivity contribution in [1.82, 2.24) is 15.3 Å². The summed E-state index contributed by atoms with van der Waals surface area (Å²) in [6, 6.07) is 12.0. The topological polar surface area (TPSA) is 57.8 Å². The van der Waals surface area contributed by atoms with E-state index in [0.29, 0.717) is 17.4 Å². The number of amides is 1. The second kappa shape index (κ2) is 7.96. The zero-order chi connectivity index (χ0) is 17.8. The molecule has 1 aromatic carbocycles. The lowest BCUT2D eigenvalue weighted by molar-refractivity contribution is 0.0950. The number of benzene rings is 1. The summed E-state index contributed by atoms with van der Waals surface area (Å²) in [7, 11) is 0. The Morgan fingerprint density at radius 2 is 2.04 bits per heavy atom. The molecular weight excluding hydrogens is 342 g/mol. The number of fused-ring (bicyclic) bond motifs is 1. The molecule has 1 amide bonds. The maximum Gasteiger partial charge on any atom is 0.254 e. The smallest absolute Gasteiger partial charge is 0.254 e. The van der Waals surface area contributed by atoms with E-state index in [1.54, 1.807) is 18.0 Å². The molecule has 0 aliphatic heterocycles. The van der Waals surface area contributed by atoms with Crippen molar-refractivity contribution in [3.8, 4) is 0 Å². The number of para-hydroxylation sites is 1. The van der Waals surface area contributed by atoms with E-state index in [0.717, 1.165) is 17.0 Å². The van der Waals surface area contributed by atoms with Crippen LogP contribution < -0.4 is 5.32 Å². The van der Waals surface area contributed by atoms with Gasteiger partial charge in [-0.1, -0.05) is 31.0 Å². The highest BCUT2D eigenvalue weighted by Gasteiger charge is 2.20. The summed E-state index contributed by atoms with van der Waals surface area (Å²) >= 11 is 1.76. The van der Waals surface area contributed by atoms with E-state index in [2.05, 4.69) is 27.4 Å². The van der Waals surface area contributed by atoms with Gasteiger partial charge in [0.1, 0.15) is 5.03 Å². The van der Waals surface area contributed by atoms with Gasteiger partial charge in [0, 0.05) is 35.1 Å². The van der Waals surface area contributed by atoms with Gasteiger partial charge in [0.25, 0.3) is 5.91 Å². The Hall–Kier alpha value is -2.27. The van der Waals surface area contributed by atoms with Crippen LogP contribution in [0.25, 0.3) is 10.9 Å². The number of hydrogen-bond acceptors (Lipinski definition) is 3. The summed E-state index contributed by atoms with van der Waals surface area (Å²) in [5.74, 6) is -0.0292. The second-order valence-corrected chi connectivity index (χ2v) is 8.03. The molecule has 0 spiro atoms. The van der Waals surface area contributed by atoms with Crippen molar-refractivity contribution in [2.75, 3.05) is 6.54 Å². The van der Waals surface area contributed by atoms with Crippen LogP contribution in [0.4, 0.5) is 0 Å². The molecule has 1 saturated carbocycles. The zero-order valence-electron chi connectivity index (χ0n) is 14.7. The first-order valence-electron chi connectivity index (χ1n) is 9.26. The van der Waals surface area contributed by atoms with Gasteiger partial charge in [-0.05, 0) is 43.0 Å².